The molecule has 1 aromatic heterocycles. The minimum atomic E-state index is -4.37. The van der Waals surface area contributed by atoms with Crippen LogP contribution >= 0.6 is 0 Å². The van der Waals surface area contributed by atoms with Crippen molar-refractivity contribution >= 4 is 10.8 Å². The van der Waals surface area contributed by atoms with Gasteiger partial charge in [-0.25, -0.2) is 0 Å². The van der Waals surface area contributed by atoms with Gasteiger partial charge in [0.2, 0.25) is 0 Å². The van der Waals surface area contributed by atoms with Gasteiger partial charge >= 0.3 is 6.18 Å². The molecule has 3 rings (SSSR count). The van der Waals surface area contributed by atoms with Crippen LogP contribution in [-0.4, -0.2) is 11.2 Å². The van der Waals surface area contributed by atoms with Gasteiger partial charge in [0.25, 0.3) is 0 Å². The summed E-state index contributed by atoms with van der Waals surface area (Å²) in [5, 5.41) is 4.69. The van der Waals surface area contributed by atoms with Crippen molar-refractivity contribution < 1.29 is 13.2 Å². The van der Waals surface area contributed by atoms with Gasteiger partial charge in [-0.1, -0.05) is 42.5 Å². The van der Waals surface area contributed by atoms with Crippen molar-refractivity contribution in [2.24, 2.45) is 0 Å². The van der Waals surface area contributed by atoms with Crippen LogP contribution in [0.3, 0.4) is 0 Å². The molecule has 0 spiro atoms. The zero-order chi connectivity index (χ0) is 16.4. The molecule has 2 nitrogen and oxygen atoms in total. The number of nitrogens with one attached hydrogen (secondary N) is 2. The lowest BCUT2D eigenvalue weighted by atomic mass is 9.99. The molecule has 5 heteroatoms. The lowest BCUT2D eigenvalue weighted by Gasteiger charge is -2.26. The second kappa shape index (κ2) is 6.08. The maximum atomic E-state index is 13.4. The molecule has 0 bridgehead atoms. The molecule has 1 heterocycles. The van der Waals surface area contributed by atoms with Crippen molar-refractivity contribution in [2.45, 2.75) is 25.2 Å². The second-order valence-corrected chi connectivity index (χ2v) is 5.56. The third kappa shape index (κ3) is 3.24. The fourth-order valence-electron chi connectivity index (χ4n) is 2.85. The van der Waals surface area contributed by atoms with Gasteiger partial charge in [0, 0.05) is 17.9 Å². The van der Waals surface area contributed by atoms with E-state index in [-0.39, 0.29) is 5.69 Å². The first-order valence-electron chi connectivity index (χ1n) is 7.40. The maximum absolute atomic E-state index is 13.4. The predicted molar refractivity (Wildman–Crippen MR) is 85.1 cm³/mol. The summed E-state index contributed by atoms with van der Waals surface area (Å²) >= 11 is 0. The van der Waals surface area contributed by atoms with Crippen LogP contribution < -0.4 is 5.32 Å². The molecule has 2 atom stereocenters. The Morgan fingerprint density at radius 1 is 0.957 bits per heavy atom. The number of hydrogen-bond donors (Lipinski definition) is 2. The molecule has 0 radical (unpaired) electrons. The number of benzene rings is 2. The van der Waals surface area contributed by atoms with E-state index in [1.807, 2.05) is 42.5 Å². The first kappa shape index (κ1) is 15.6. The second-order valence-electron chi connectivity index (χ2n) is 5.56. The highest BCUT2D eigenvalue weighted by Crippen LogP contribution is 2.35. The topological polar surface area (TPSA) is 27.8 Å². The monoisotopic (exact) mass is 318 g/mol. The van der Waals surface area contributed by atoms with Gasteiger partial charge in [-0.15, -0.1) is 0 Å². The standard InChI is InChI=1S/C18H17F3N2/c1-12(14-9-4-7-13-6-2-3-8-15(13)14)23-17(18(19,20)21)16-10-5-11-22-16/h2-12,17,22-23H,1H3/t12-,17?/m1/s1. The quantitative estimate of drug-likeness (QED) is 0.686. The average Bonchev–Trinajstić information content (AvgIpc) is 3.04. The van der Waals surface area contributed by atoms with Gasteiger partial charge in [0.05, 0.1) is 0 Å². The Kier molecular flexibility index (Phi) is 4.13. The normalized spacial score (nSPS) is 14.8. The molecule has 0 amide bonds. The van der Waals surface area contributed by atoms with Gasteiger partial charge in [-0.3, -0.25) is 5.32 Å². The summed E-state index contributed by atoms with van der Waals surface area (Å²) in [6.07, 6.45) is -2.87. The lowest BCUT2D eigenvalue weighted by Crippen LogP contribution is -2.36. The molecule has 120 valence electrons. The highest BCUT2D eigenvalue weighted by Gasteiger charge is 2.42. The number of hydrogen-bond acceptors (Lipinski definition) is 1. The van der Waals surface area contributed by atoms with Gasteiger partial charge in [0.1, 0.15) is 6.04 Å². The molecule has 0 aliphatic carbocycles. The van der Waals surface area contributed by atoms with Crippen LogP contribution in [0.1, 0.15) is 30.3 Å². The van der Waals surface area contributed by atoms with Crippen LogP contribution in [0.2, 0.25) is 0 Å². The Hall–Kier alpha value is -2.27. The van der Waals surface area contributed by atoms with E-state index in [0.717, 1.165) is 16.3 Å². The van der Waals surface area contributed by atoms with Crippen molar-refractivity contribution in [1.29, 1.82) is 0 Å². The molecular formula is C18H17F3N2. The predicted octanol–water partition coefficient (Wildman–Crippen LogP) is 5.12. The van der Waals surface area contributed by atoms with Gasteiger partial charge in [-0.05, 0) is 35.4 Å². The average molecular weight is 318 g/mol. The Balaban J connectivity index is 1.94. The number of fused-ring (bicyclic) bond motifs is 1. The fraction of sp³-hybridized carbons (Fsp3) is 0.222. The molecule has 2 aromatic carbocycles. The number of alkyl halides is 3. The fourth-order valence-corrected chi connectivity index (χ4v) is 2.85. The molecule has 23 heavy (non-hydrogen) atoms. The summed E-state index contributed by atoms with van der Waals surface area (Å²) in [7, 11) is 0. The van der Waals surface area contributed by atoms with E-state index in [1.54, 1.807) is 13.0 Å². The number of halogens is 3. The van der Waals surface area contributed by atoms with Crippen LogP contribution in [0.5, 0.6) is 0 Å². The van der Waals surface area contributed by atoms with E-state index >= 15 is 0 Å². The van der Waals surface area contributed by atoms with Crippen molar-refractivity contribution in [1.82, 2.24) is 10.3 Å². The lowest BCUT2D eigenvalue weighted by molar-refractivity contribution is -0.160. The first-order chi connectivity index (χ1) is 11.0. The molecule has 0 saturated carbocycles. The molecule has 0 aliphatic rings. The van der Waals surface area contributed by atoms with Crippen LogP contribution in [0, 0.1) is 0 Å². The molecule has 0 aliphatic heterocycles. The summed E-state index contributed by atoms with van der Waals surface area (Å²) < 4.78 is 40.2. The highest BCUT2D eigenvalue weighted by atomic mass is 19.4. The minimum absolute atomic E-state index is 0.115. The molecule has 2 N–H and O–H groups in total. The Morgan fingerprint density at radius 2 is 1.70 bits per heavy atom. The number of rotatable bonds is 4. The van der Waals surface area contributed by atoms with Gasteiger partial charge in [-0.2, -0.15) is 13.2 Å². The number of H-pyrrole nitrogens is 1. The first-order valence-corrected chi connectivity index (χ1v) is 7.40. The van der Waals surface area contributed by atoms with Gasteiger partial charge < -0.3 is 4.98 Å². The van der Waals surface area contributed by atoms with E-state index < -0.39 is 18.3 Å². The smallest absolute Gasteiger partial charge is 0.363 e. The summed E-state index contributed by atoms with van der Waals surface area (Å²) in [4.78, 5) is 2.66. The molecule has 0 saturated heterocycles. The minimum Gasteiger partial charge on any atom is -0.363 e. The molecule has 3 aromatic rings. The van der Waals surface area contributed by atoms with Crippen molar-refractivity contribution in [3.8, 4) is 0 Å². The number of aromatic nitrogens is 1. The Bertz CT molecular complexity index is 773. The van der Waals surface area contributed by atoms with Crippen LogP contribution in [0.15, 0.2) is 60.8 Å². The van der Waals surface area contributed by atoms with Crippen LogP contribution in [-0.2, 0) is 0 Å². The van der Waals surface area contributed by atoms with E-state index in [0.29, 0.717) is 0 Å². The van der Waals surface area contributed by atoms with E-state index in [9.17, 15) is 13.2 Å². The van der Waals surface area contributed by atoms with Crippen LogP contribution in [0.25, 0.3) is 10.8 Å². The van der Waals surface area contributed by atoms with Crippen LogP contribution in [0.4, 0.5) is 13.2 Å². The summed E-state index contributed by atoms with van der Waals surface area (Å²) in [6, 6.07) is 14.2. The summed E-state index contributed by atoms with van der Waals surface area (Å²) in [6.45, 7) is 1.75. The largest absolute Gasteiger partial charge is 0.409 e. The number of aromatic amines is 1. The SMILES string of the molecule is C[C@@H](NC(c1ccc[nH]1)C(F)(F)F)c1cccc2ccccc12. The van der Waals surface area contributed by atoms with Crippen molar-refractivity contribution in [2.75, 3.05) is 0 Å². The maximum Gasteiger partial charge on any atom is 0.409 e. The van der Waals surface area contributed by atoms with Gasteiger partial charge in [0.15, 0.2) is 0 Å². The zero-order valence-electron chi connectivity index (χ0n) is 12.6. The Morgan fingerprint density at radius 3 is 2.39 bits per heavy atom. The third-order valence-electron chi connectivity index (χ3n) is 3.97. The summed E-state index contributed by atoms with van der Waals surface area (Å²) in [5.74, 6) is 0. The van der Waals surface area contributed by atoms with E-state index in [4.69, 9.17) is 0 Å². The summed E-state index contributed by atoms with van der Waals surface area (Å²) in [5.41, 5.74) is 0.966. The molecule has 1 unspecified atom stereocenters. The highest BCUT2D eigenvalue weighted by molar-refractivity contribution is 5.86. The van der Waals surface area contributed by atoms with Crippen molar-refractivity contribution in [3.05, 3.63) is 72.1 Å². The zero-order valence-corrected chi connectivity index (χ0v) is 12.6. The third-order valence-corrected chi connectivity index (χ3v) is 3.97. The van der Waals surface area contributed by atoms with Crippen molar-refractivity contribution in [3.63, 3.8) is 0 Å². The molecular weight excluding hydrogens is 301 g/mol. The van der Waals surface area contributed by atoms with E-state index in [2.05, 4.69) is 10.3 Å². The molecule has 0 fully saturated rings. The Labute approximate surface area is 132 Å². The van der Waals surface area contributed by atoms with E-state index in [1.165, 1.54) is 12.3 Å².